The highest BCUT2D eigenvalue weighted by molar-refractivity contribution is 6.30. The normalized spacial score (nSPS) is 16.3. The molecule has 21 heavy (non-hydrogen) atoms. The number of amides is 2. The first-order chi connectivity index (χ1) is 10.0. The van der Waals surface area contributed by atoms with Crippen LogP contribution in [0, 0.1) is 0 Å². The molecule has 4 nitrogen and oxygen atoms in total. The summed E-state index contributed by atoms with van der Waals surface area (Å²) >= 11 is 5.92. The van der Waals surface area contributed by atoms with E-state index in [1.54, 1.807) is 4.90 Å². The number of urea groups is 1. The fraction of sp³-hybridized carbons (Fsp3) is 0.375. The van der Waals surface area contributed by atoms with Gasteiger partial charge in [-0.2, -0.15) is 4.99 Å². The van der Waals surface area contributed by atoms with Crippen molar-refractivity contribution in [3.05, 3.63) is 41.1 Å². The Bertz CT molecular complexity index is 574. The van der Waals surface area contributed by atoms with Gasteiger partial charge in [0.05, 0.1) is 0 Å². The standard InChI is InChI=1S/C16H20ClN3O/c1-4-19(5-2)16(21)18-15-10-12(3)11-20(15)14-8-6-13(17)7-9-14/h6-9,11H,4-5,10H2,1-3H3/b18-15-. The molecule has 2 rings (SSSR count). The highest BCUT2D eigenvalue weighted by atomic mass is 35.5. The predicted molar refractivity (Wildman–Crippen MR) is 88.1 cm³/mol. The lowest BCUT2D eigenvalue weighted by atomic mass is 10.2. The Morgan fingerprint density at radius 2 is 1.90 bits per heavy atom. The Labute approximate surface area is 130 Å². The van der Waals surface area contributed by atoms with Crippen LogP contribution in [-0.4, -0.2) is 29.9 Å². The van der Waals surface area contributed by atoms with E-state index in [0.29, 0.717) is 24.5 Å². The number of carbonyl (C=O) groups is 1. The second-order valence-electron chi connectivity index (χ2n) is 4.98. The number of nitrogens with zero attached hydrogens (tertiary/aromatic N) is 3. The van der Waals surface area contributed by atoms with Gasteiger partial charge >= 0.3 is 6.03 Å². The first-order valence-electron chi connectivity index (χ1n) is 7.13. The molecule has 0 bridgehead atoms. The Morgan fingerprint density at radius 3 is 2.48 bits per heavy atom. The predicted octanol–water partition coefficient (Wildman–Crippen LogP) is 4.31. The maximum Gasteiger partial charge on any atom is 0.345 e. The van der Waals surface area contributed by atoms with Crippen molar-refractivity contribution in [1.29, 1.82) is 0 Å². The van der Waals surface area contributed by atoms with Crippen LogP contribution in [0.25, 0.3) is 0 Å². The summed E-state index contributed by atoms with van der Waals surface area (Å²) < 4.78 is 0. The third-order valence-electron chi connectivity index (χ3n) is 3.43. The summed E-state index contributed by atoms with van der Waals surface area (Å²) in [6.45, 7) is 7.28. The highest BCUT2D eigenvalue weighted by Crippen LogP contribution is 2.26. The van der Waals surface area contributed by atoms with E-state index in [1.807, 2.05) is 56.1 Å². The van der Waals surface area contributed by atoms with Crippen molar-refractivity contribution in [2.45, 2.75) is 27.2 Å². The lowest BCUT2D eigenvalue weighted by Crippen LogP contribution is -2.30. The molecule has 5 heteroatoms. The quantitative estimate of drug-likeness (QED) is 0.834. The zero-order valence-electron chi connectivity index (χ0n) is 12.6. The Morgan fingerprint density at radius 1 is 1.29 bits per heavy atom. The fourth-order valence-electron chi connectivity index (χ4n) is 2.27. The molecule has 1 aromatic carbocycles. The van der Waals surface area contributed by atoms with E-state index in [9.17, 15) is 4.79 Å². The van der Waals surface area contributed by atoms with Crippen LogP contribution in [0.15, 0.2) is 41.0 Å². The van der Waals surface area contributed by atoms with Gasteiger partial charge in [-0.05, 0) is 50.6 Å². The Kier molecular flexibility index (Phi) is 5.02. The molecule has 0 saturated carbocycles. The number of benzene rings is 1. The molecular weight excluding hydrogens is 286 g/mol. The topological polar surface area (TPSA) is 35.9 Å². The summed E-state index contributed by atoms with van der Waals surface area (Å²) in [5.41, 5.74) is 2.14. The third kappa shape index (κ3) is 3.64. The molecule has 0 radical (unpaired) electrons. The molecule has 1 aromatic rings. The molecule has 0 atom stereocenters. The molecule has 0 fully saturated rings. The van der Waals surface area contributed by atoms with E-state index in [2.05, 4.69) is 4.99 Å². The van der Waals surface area contributed by atoms with Gasteiger partial charge in [0, 0.05) is 36.4 Å². The monoisotopic (exact) mass is 305 g/mol. The van der Waals surface area contributed by atoms with Gasteiger partial charge in [0.1, 0.15) is 5.84 Å². The molecule has 0 unspecified atom stereocenters. The molecule has 0 N–H and O–H groups in total. The number of rotatable bonds is 3. The van der Waals surface area contributed by atoms with E-state index < -0.39 is 0 Å². The average molecular weight is 306 g/mol. The number of aliphatic imine (C=N–C) groups is 1. The van der Waals surface area contributed by atoms with Crippen molar-refractivity contribution in [3.8, 4) is 0 Å². The number of anilines is 1. The summed E-state index contributed by atoms with van der Waals surface area (Å²) in [5, 5.41) is 0.691. The van der Waals surface area contributed by atoms with Crippen molar-refractivity contribution >= 4 is 29.2 Å². The molecule has 1 aliphatic rings. The van der Waals surface area contributed by atoms with Crippen LogP contribution in [0.4, 0.5) is 10.5 Å². The number of hydrogen-bond acceptors (Lipinski definition) is 1. The van der Waals surface area contributed by atoms with E-state index in [1.165, 1.54) is 5.57 Å². The molecule has 0 saturated heterocycles. The minimum Gasteiger partial charge on any atom is -0.323 e. The summed E-state index contributed by atoms with van der Waals surface area (Å²) in [4.78, 5) is 20.1. The zero-order chi connectivity index (χ0) is 15.4. The van der Waals surface area contributed by atoms with Gasteiger partial charge < -0.3 is 9.80 Å². The molecule has 0 spiro atoms. The van der Waals surface area contributed by atoms with Crippen molar-refractivity contribution in [1.82, 2.24) is 4.90 Å². The molecule has 1 heterocycles. The van der Waals surface area contributed by atoms with E-state index in [4.69, 9.17) is 11.6 Å². The number of amidine groups is 1. The maximum atomic E-state index is 12.2. The first-order valence-corrected chi connectivity index (χ1v) is 7.51. The number of hydrogen-bond donors (Lipinski definition) is 0. The van der Waals surface area contributed by atoms with Crippen molar-refractivity contribution in [2.75, 3.05) is 18.0 Å². The SMILES string of the molecule is CCN(CC)C(=O)/N=C1/CC(C)=CN1c1ccc(Cl)cc1. The average Bonchev–Trinajstić information content (AvgIpc) is 2.81. The lowest BCUT2D eigenvalue weighted by molar-refractivity contribution is 0.213. The van der Waals surface area contributed by atoms with Gasteiger partial charge in [-0.1, -0.05) is 11.6 Å². The molecule has 1 aliphatic heterocycles. The van der Waals surface area contributed by atoms with E-state index in [0.717, 1.165) is 11.5 Å². The number of halogens is 1. The Balaban J connectivity index is 2.27. The van der Waals surface area contributed by atoms with Crippen LogP contribution in [0.2, 0.25) is 5.02 Å². The van der Waals surface area contributed by atoms with Crippen LogP contribution in [0.5, 0.6) is 0 Å². The smallest absolute Gasteiger partial charge is 0.323 e. The summed E-state index contributed by atoms with van der Waals surface area (Å²) in [6, 6.07) is 7.34. The molecule has 0 aromatic heterocycles. The van der Waals surface area contributed by atoms with Crippen molar-refractivity contribution in [3.63, 3.8) is 0 Å². The molecular formula is C16H20ClN3O. The van der Waals surface area contributed by atoms with Crippen LogP contribution in [0.3, 0.4) is 0 Å². The minimum absolute atomic E-state index is 0.183. The summed E-state index contributed by atoms with van der Waals surface area (Å²) in [6.07, 6.45) is 2.70. The van der Waals surface area contributed by atoms with E-state index in [-0.39, 0.29) is 6.03 Å². The largest absolute Gasteiger partial charge is 0.345 e. The van der Waals surface area contributed by atoms with Gasteiger partial charge in [0.15, 0.2) is 0 Å². The molecule has 112 valence electrons. The van der Waals surface area contributed by atoms with Gasteiger partial charge in [-0.25, -0.2) is 4.79 Å². The van der Waals surface area contributed by atoms with Gasteiger partial charge in [0.25, 0.3) is 0 Å². The van der Waals surface area contributed by atoms with Crippen LogP contribution >= 0.6 is 11.6 Å². The number of carbonyl (C=O) groups excluding carboxylic acids is 1. The second-order valence-corrected chi connectivity index (χ2v) is 5.42. The van der Waals surface area contributed by atoms with Crippen LogP contribution < -0.4 is 4.90 Å². The maximum absolute atomic E-state index is 12.2. The Hall–Kier alpha value is -1.81. The van der Waals surface area contributed by atoms with Crippen LogP contribution in [-0.2, 0) is 0 Å². The highest BCUT2D eigenvalue weighted by Gasteiger charge is 2.21. The fourth-order valence-corrected chi connectivity index (χ4v) is 2.39. The van der Waals surface area contributed by atoms with Crippen LogP contribution in [0.1, 0.15) is 27.2 Å². The summed E-state index contributed by atoms with van der Waals surface area (Å²) in [5.74, 6) is 0.756. The van der Waals surface area contributed by atoms with Crippen molar-refractivity contribution in [2.24, 2.45) is 4.99 Å². The minimum atomic E-state index is -0.183. The van der Waals surface area contributed by atoms with Gasteiger partial charge in [-0.15, -0.1) is 0 Å². The van der Waals surface area contributed by atoms with Gasteiger partial charge in [0.2, 0.25) is 0 Å². The summed E-state index contributed by atoms with van der Waals surface area (Å²) in [7, 11) is 0. The molecule has 0 aliphatic carbocycles. The van der Waals surface area contributed by atoms with Gasteiger partial charge in [-0.3, -0.25) is 0 Å². The van der Waals surface area contributed by atoms with Crippen molar-refractivity contribution < 1.29 is 4.79 Å². The second kappa shape index (κ2) is 6.76. The zero-order valence-corrected chi connectivity index (χ0v) is 13.4. The van der Waals surface area contributed by atoms with E-state index >= 15 is 0 Å². The molecule has 2 amide bonds. The third-order valence-corrected chi connectivity index (χ3v) is 3.68. The lowest BCUT2D eigenvalue weighted by Gasteiger charge is -2.20. The first kappa shape index (κ1) is 15.6.